The molecule has 1 amide bonds. The Kier molecular flexibility index (Phi) is 6.51. The monoisotopic (exact) mass is 510 g/mol. The number of benzene rings is 3. The van der Waals surface area contributed by atoms with Gasteiger partial charge in [-0.15, -0.1) is 0 Å². The minimum absolute atomic E-state index is 0.0155. The van der Waals surface area contributed by atoms with E-state index in [1.165, 1.54) is 11.8 Å². The van der Waals surface area contributed by atoms with Crippen molar-refractivity contribution < 1.29 is 27.1 Å². The van der Waals surface area contributed by atoms with Gasteiger partial charge in [0.05, 0.1) is 10.7 Å². The summed E-state index contributed by atoms with van der Waals surface area (Å²) in [4.78, 5) is 11.8. The maximum Gasteiger partial charge on any atom is 0.265 e. The number of rotatable bonds is 0. The number of aromatic hydroxyl groups is 1. The predicted octanol–water partition coefficient (Wildman–Crippen LogP) is 4.77. The minimum atomic E-state index is -4.60. The number of amides is 1. The van der Waals surface area contributed by atoms with Crippen molar-refractivity contribution in [1.29, 1.82) is 0 Å². The van der Waals surface area contributed by atoms with E-state index < -0.39 is 43.9 Å². The highest BCUT2D eigenvalue weighted by Crippen LogP contribution is 2.36. The first-order valence-corrected chi connectivity index (χ1v) is 12.7. The van der Waals surface area contributed by atoms with Crippen LogP contribution in [-0.2, 0) is 15.8 Å². The van der Waals surface area contributed by atoms with Gasteiger partial charge in [-0.3, -0.25) is 9.52 Å². The fourth-order valence-electron chi connectivity index (χ4n) is 3.37. The number of hydrogen-bond donors (Lipinski definition) is 3. The molecule has 1 heterocycles. The van der Waals surface area contributed by atoms with Crippen molar-refractivity contribution in [3.8, 4) is 16.9 Å². The second kappa shape index (κ2) is 9.20. The standard InChI is InChI=1S/C22H17ClF2N2O4S2/c23-16-7-13-8-20(21(16)28)33(30,31)27-19-9-15(17(24)10-18(19)25)14-4-2-1-3-12(14)11-32-6-5-26-22(13)29/h1-4,7-10,27-28H,5-6,11H2,(H,26,29). The average Bonchev–Trinajstić information content (AvgIpc) is 2.76. The number of fused-ring (bicyclic) bond motifs is 6. The molecular weight excluding hydrogens is 494 g/mol. The molecule has 0 atom stereocenters. The van der Waals surface area contributed by atoms with Crippen LogP contribution in [0, 0.1) is 11.6 Å². The molecule has 0 aromatic heterocycles. The molecule has 0 saturated carbocycles. The summed E-state index contributed by atoms with van der Waals surface area (Å²) in [6.45, 7) is 0.277. The number of sulfonamides is 1. The zero-order valence-electron chi connectivity index (χ0n) is 16.9. The number of halogens is 3. The van der Waals surface area contributed by atoms with Crippen LogP contribution in [0.1, 0.15) is 15.9 Å². The molecule has 3 aromatic rings. The minimum Gasteiger partial charge on any atom is -0.505 e. The molecule has 0 spiro atoms. The van der Waals surface area contributed by atoms with E-state index in [0.717, 1.165) is 23.8 Å². The normalized spacial score (nSPS) is 15.8. The van der Waals surface area contributed by atoms with Crippen molar-refractivity contribution in [3.05, 3.63) is 76.3 Å². The third-order valence-corrected chi connectivity index (χ3v) is 7.65. The number of nitrogens with one attached hydrogen (secondary N) is 2. The summed E-state index contributed by atoms with van der Waals surface area (Å²) in [5.41, 5.74) is 0.635. The highest BCUT2D eigenvalue weighted by Gasteiger charge is 2.26. The molecular formula is C22H17ClF2N2O4S2. The van der Waals surface area contributed by atoms with Crippen molar-refractivity contribution in [1.82, 2.24) is 5.32 Å². The van der Waals surface area contributed by atoms with E-state index in [4.69, 9.17) is 11.6 Å². The Labute approximate surface area is 198 Å². The Morgan fingerprint density at radius 1 is 1.03 bits per heavy atom. The maximum absolute atomic E-state index is 14.7. The lowest BCUT2D eigenvalue weighted by molar-refractivity contribution is 0.0956. The highest BCUT2D eigenvalue weighted by atomic mass is 35.5. The van der Waals surface area contributed by atoms with Crippen LogP contribution >= 0.6 is 23.4 Å². The third kappa shape index (κ3) is 4.78. The Morgan fingerprint density at radius 3 is 2.58 bits per heavy atom. The summed E-state index contributed by atoms with van der Waals surface area (Å²) in [5.74, 6) is -2.38. The van der Waals surface area contributed by atoms with Gasteiger partial charge in [-0.05, 0) is 29.3 Å². The van der Waals surface area contributed by atoms with Crippen molar-refractivity contribution in [2.75, 3.05) is 17.0 Å². The summed E-state index contributed by atoms with van der Waals surface area (Å²) >= 11 is 7.45. The van der Waals surface area contributed by atoms with Crippen LogP contribution in [0.5, 0.6) is 5.75 Å². The first kappa shape index (κ1) is 23.3. The molecule has 4 rings (SSSR count). The molecule has 0 radical (unpaired) electrons. The van der Waals surface area contributed by atoms with Gasteiger partial charge in [-0.2, -0.15) is 11.8 Å². The predicted molar refractivity (Wildman–Crippen MR) is 124 cm³/mol. The Balaban J connectivity index is 1.91. The van der Waals surface area contributed by atoms with Crippen molar-refractivity contribution in [3.63, 3.8) is 0 Å². The molecule has 4 bridgehead atoms. The summed E-state index contributed by atoms with van der Waals surface area (Å²) in [7, 11) is -4.60. The van der Waals surface area contributed by atoms with E-state index in [1.807, 2.05) is 4.72 Å². The van der Waals surface area contributed by atoms with Crippen LogP contribution < -0.4 is 10.0 Å². The number of phenols is 1. The molecule has 0 saturated heterocycles. The molecule has 3 aromatic carbocycles. The Bertz CT molecular complexity index is 1370. The summed E-state index contributed by atoms with van der Waals surface area (Å²) in [6.07, 6.45) is 0. The molecule has 1 aliphatic heterocycles. The highest BCUT2D eigenvalue weighted by molar-refractivity contribution is 7.98. The van der Waals surface area contributed by atoms with Crippen LogP contribution in [0.3, 0.4) is 0 Å². The fraction of sp³-hybridized carbons (Fsp3) is 0.136. The van der Waals surface area contributed by atoms with E-state index >= 15 is 0 Å². The van der Waals surface area contributed by atoms with E-state index in [-0.39, 0.29) is 22.7 Å². The fourth-order valence-corrected chi connectivity index (χ4v) is 5.71. The zero-order valence-corrected chi connectivity index (χ0v) is 19.3. The topological polar surface area (TPSA) is 95.5 Å². The molecule has 0 unspecified atom stereocenters. The lowest BCUT2D eigenvalue weighted by Crippen LogP contribution is -2.26. The van der Waals surface area contributed by atoms with E-state index in [0.29, 0.717) is 23.1 Å². The van der Waals surface area contributed by atoms with Crippen molar-refractivity contribution in [2.24, 2.45) is 0 Å². The number of thioether (sulfide) groups is 1. The van der Waals surface area contributed by atoms with Crippen LogP contribution in [0.25, 0.3) is 11.1 Å². The van der Waals surface area contributed by atoms with Gasteiger partial charge in [0.1, 0.15) is 16.5 Å². The second-order valence-corrected chi connectivity index (χ2v) is 10.4. The van der Waals surface area contributed by atoms with Crippen LogP contribution in [0.4, 0.5) is 14.5 Å². The van der Waals surface area contributed by atoms with E-state index in [1.54, 1.807) is 24.3 Å². The number of carbonyl (C=O) groups excluding carboxylic acids is 1. The number of hydrogen-bond acceptors (Lipinski definition) is 5. The van der Waals surface area contributed by atoms with Gasteiger partial charge in [0.2, 0.25) is 0 Å². The SMILES string of the molecule is O=C1NCCSCc2ccccc2-c2cc(c(F)cc2F)NS(=O)(=O)c2cc1cc(Cl)c2O. The second-order valence-electron chi connectivity index (χ2n) is 7.19. The molecule has 3 N–H and O–H groups in total. The lowest BCUT2D eigenvalue weighted by Gasteiger charge is -2.16. The van der Waals surface area contributed by atoms with Gasteiger partial charge in [-0.1, -0.05) is 35.9 Å². The van der Waals surface area contributed by atoms with Crippen LogP contribution in [0.15, 0.2) is 53.4 Å². The first-order chi connectivity index (χ1) is 15.7. The number of anilines is 1. The maximum atomic E-state index is 14.7. The molecule has 0 fully saturated rings. The van der Waals surface area contributed by atoms with Crippen molar-refractivity contribution >= 4 is 45.0 Å². The van der Waals surface area contributed by atoms with Gasteiger partial charge in [0.15, 0.2) is 5.75 Å². The molecule has 6 nitrogen and oxygen atoms in total. The molecule has 1 aliphatic rings. The molecule has 33 heavy (non-hydrogen) atoms. The Hall–Kier alpha value is -2.82. The summed E-state index contributed by atoms with van der Waals surface area (Å²) in [6, 6.07) is 10.7. The van der Waals surface area contributed by atoms with E-state index in [2.05, 4.69) is 5.32 Å². The van der Waals surface area contributed by atoms with Gasteiger partial charge in [0.25, 0.3) is 15.9 Å². The Morgan fingerprint density at radius 2 is 1.79 bits per heavy atom. The van der Waals surface area contributed by atoms with Crippen LogP contribution in [-0.4, -0.2) is 31.7 Å². The molecule has 11 heteroatoms. The lowest BCUT2D eigenvalue weighted by atomic mass is 9.99. The average molecular weight is 511 g/mol. The smallest absolute Gasteiger partial charge is 0.265 e. The summed E-state index contributed by atoms with van der Waals surface area (Å²) < 4.78 is 57.3. The van der Waals surface area contributed by atoms with E-state index in [9.17, 15) is 27.1 Å². The van der Waals surface area contributed by atoms with Gasteiger partial charge >= 0.3 is 0 Å². The quantitative estimate of drug-likeness (QED) is 0.405. The van der Waals surface area contributed by atoms with Gasteiger partial charge in [-0.25, -0.2) is 17.2 Å². The number of carbonyl (C=O) groups is 1. The third-order valence-electron chi connectivity index (χ3n) is 4.98. The van der Waals surface area contributed by atoms with Gasteiger partial charge in [0, 0.05) is 35.2 Å². The summed E-state index contributed by atoms with van der Waals surface area (Å²) in [5, 5.41) is 12.5. The zero-order chi connectivity index (χ0) is 23.8. The molecule has 172 valence electrons. The number of phenolic OH excluding ortho intramolecular Hbond substituents is 1. The van der Waals surface area contributed by atoms with Crippen LogP contribution in [0.2, 0.25) is 5.02 Å². The first-order valence-electron chi connectivity index (χ1n) is 9.66. The largest absolute Gasteiger partial charge is 0.505 e. The molecule has 0 aliphatic carbocycles. The van der Waals surface area contributed by atoms with Gasteiger partial charge < -0.3 is 10.4 Å². The van der Waals surface area contributed by atoms with Crippen molar-refractivity contribution in [2.45, 2.75) is 10.6 Å².